The van der Waals surface area contributed by atoms with Crippen molar-refractivity contribution in [1.82, 2.24) is 4.98 Å². The Morgan fingerprint density at radius 1 is 1.20 bits per heavy atom. The molecular formula is C18H18ClNO3S2. The first-order valence-electron chi connectivity index (χ1n) is 7.99. The summed E-state index contributed by atoms with van der Waals surface area (Å²) in [5.41, 5.74) is 1.22. The molecule has 0 saturated heterocycles. The lowest BCUT2D eigenvalue weighted by molar-refractivity contribution is 0.311. The number of aromatic nitrogens is 1. The molecule has 0 amide bonds. The van der Waals surface area contributed by atoms with Crippen LogP contribution in [0.2, 0.25) is 0 Å². The van der Waals surface area contributed by atoms with Crippen LogP contribution in [0.3, 0.4) is 0 Å². The zero-order valence-corrected chi connectivity index (χ0v) is 16.3. The highest BCUT2D eigenvalue weighted by molar-refractivity contribution is 8.15. The topological polar surface area (TPSA) is 56.3 Å². The Labute approximate surface area is 155 Å². The fraction of sp³-hybridized carbons (Fsp3) is 0.278. The van der Waals surface area contributed by atoms with Crippen molar-refractivity contribution >= 4 is 41.8 Å². The maximum atomic E-state index is 11.8. The third kappa shape index (κ3) is 3.81. The van der Waals surface area contributed by atoms with E-state index in [0.29, 0.717) is 23.1 Å². The maximum absolute atomic E-state index is 11.8. The van der Waals surface area contributed by atoms with Crippen molar-refractivity contribution in [3.05, 3.63) is 42.1 Å². The number of unbranched alkanes of at least 4 members (excludes halogenated alkanes) is 1. The van der Waals surface area contributed by atoms with Crippen LogP contribution in [0, 0.1) is 6.92 Å². The summed E-state index contributed by atoms with van der Waals surface area (Å²) in [7, 11) is 1.72. The lowest BCUT2D eigenvalue weighted by Crippen LogP contribution is -1.98. The first kappa shape index (κ1) is 18.2. The molecule has 1 heterocycles. The predicted molar refractivity (Wildman–Crippen MR) is 103 cm³/mol. The van der Waals surface area contributed by atoms with Gasteiger partial charge in [0, 0.05) is 10.7 Å². The Hall–Kier alpha value is -1.63. The van der Waals surface area contributed by atoms with Crippen molar-refractivity contribution in [2.75, 3.05) is 6.61 Å². The van der Waals surface area contributed by atoms with Gasteiger partial charge < -0.3 is 4.74 Å². The highest BCUT2D eigenvalue weighted by atomic mass is 35.7. The summed E-state index contributed by atoms with van der Waals surface area (Å²) in [6.45, 7) is 4.36. The van der Waals surface area contributed by atoms with Crippen LogP contribution in [0.5, 0.6) is 5.75 Å². The average Bonchev–Trinajstić information content (AvgIpc) is 2.96. The molecule has 0 spiro atoms. The van der Waals surface area contributed by atoms with Gasteiger partial charge >= 0.3 is 0 Å². The molecule has 7 heteroatoms. The van der Waals surface area contributed by atoms with Crippen LogP contribution in [0.15, 0.2) is 40.6 Å². The maximum Gasteiger partial charge on any atom is 0.272 e. The highest BCUT2D eigenvalue weighted by Gasteiger charge is 2.22. The first-order chi connectivity index (χ1) is 11.9. The molecule has 25 heavy (non-hydrogen) atoms. The normalized spacial score (nSPS) is 11.8. The Balaban J connectivity index is 2.20. The quantitative estimate of drug-likeness (QED) is 0.415. The van der Waals surface area contributed by atoms with Gasteiger partial charge in [0.15, 0.2) is 4.21 Å². The Morgan fingerprint density at radius 3 is 2.64 bits per heavy atom. The first-order valence-corrected chi connectivity index (χ1v) is 11.1. The number of hydrogen-bond donors (Lipinski definition) is 0. The van der Waals surface area contributed by atoms with Crippen LogP contribution in [0.25, 0.3) is 21.3 Å². The molecule has 0 atom stereocenters. The average molecular weight is 396 g/mol. The third-order valence-corrected chi connectivity index (χ3v) is 7.19. The van der Waals surface area contributed by atoms with Gasteiger partial charge in [0.25, 0.3) is 9.05 Å². The molecule has 0 radical (unpaired) electrons. The van der Waals surface area contributed by atoms with Gasteiger partial charge in [-0.1, -0.05) is 43.7 Å². The Kier molecular flexibility index (Phi) is 5.32. The van der Waals surface area contributed by atoms with Gasteiger partial charge in [0.2, 0.25) is 0 Å². The summed E-state index contributed by atoms with van der Waals surface area (Å²) < 4.78 is 29.6. The fourth-order valence-electron chi connectivity index (χ4n) is 2.63. The van der Waals surface area contributed by atoms with Gasteiger partial charge in [-0.3, -0.25) is 0 Å². The molecule has 4 nitrogen and oxygen atoms in total. The summed E-state index contributed by atoms with van der Waals surface area (Å²) in [6.07, 6.45) is 1.98. The summed E-state index contributed by atoms with van der Waals surface area (Å²) in [5, 5.41) is 2.62. The zero-order valence-electron chi connectivity index (χ0n) is 14.0. The SMILES string of the molecule is CCCCOc1ccc2ccccc2c1-c1nc(C)c(S(=O)(=O)Cl)s1. The van der Waals surface area contributed by atoms with E-state index in [4.69, 9.17) is 15.4 Å². The molecule has 132 valence electrons. The van der Waals surface area contributed by atoms with Gasteiger partial charge in [0.05, 0.1) is 17.9 Å². The monoisotopic (exact) mass is 395 g/mol. The number of halogens is 1. The van der Waals surface area contributed by atoms with E-state index in [1.54, 1.807) is 6.92 Å². The van der Waals surface area contributed by atoms with E-state index in [1.807, 2.05) is 36.4 Å². The summed E-state index contributed by atoms with van der Waals surface area (Å²) >= 11 is 1.08. The van der Waals surface area contributed by atoms with E-state index in [9.17, 15) is 8.42 Å². The number of rotatable bonds is 6. The molecule has 2 aromatic carbocycles. The molecule has 0 aliphatic rings. The number of thiazole rings is 1. The number of benzene rings is 2. The fourth-order valence-corrected chi connectivity index (χ4v) is 5.15. The van der Waals surface area contributed by atoms with Gasteiger partial charge in [-0.2, -0.15) is 0 Å². The number of fused-ring (bicyclic) bond motifs is 1. The van der Waals surface area contributed by atoms with Gasteiger partial charge in [0.1, 0.15) is 10.8 Å². The lowest BCUT2D eigenvalue weighted by Gasteiger charge is -2.12. The van der Waals surface area contributed by atoms with Crippen LogP contribution >= 0.6 is 22.0 Å². The second-order valence-electron chi connectivity index (χ2n) is 5.69. The van der Waals surface area contributed by atoms with Crippen molar-refractivity contribution < 1.29 is 13.2 Å². The molecule has 0 bridgehead atoms. The molecule has 3 aromatic rings. The van der Waals surface area contributed by atoms with Gasteiger partial charge in [-0.15, -0.1) is 11.3 Å². The van der Waals surface area contributed by atoms with Crippen molar-refractivity contribution in [2.45, 2.75) is 30.9 Å². The zero-order chi connectivity index (χ0) is 18.0. The minimum atomic E-state index is -3.82. The van der Waals surface area contributed by atoms with Gasteiger partial charge in [-0.25, -0.2) is 13.4 Å². The predicted octanol–water partition coefficient (Wildman–Crippen LogP) is 5.38. The van der Waals surface area contributed by atoms with E-state index in [-0.39, 0.29) is 4.21 Å². The molecule has 0 unspecified atom stereocenters. The second-order valence-corrected chi connectivity index (χ2v) is 9.45. The summed E-state index contributed by atoms with van der Waals surface area (Å²) in [6, 6.07) is 11.8. The molecule has 1 aromatic heterocycles. The molecule has 0 N–H and O–H groups in total. The van der Waals surface area contributed by atoms with Crippen molar-refractivity contribution in [3.8, 4) is 16.3 Å². The number of aryl methyl sites for hydroxylation is 1. The van der Waals surface area contributed by atoms with E-state index in [0.717, 1.165) is 40.5 Å². The number of ether oxygens (including phenoxy) is 1. The summed E-state index contributed by atoms with van der Waals surface area (Å²) in [4.78, 5) is 4.46. The molecule has 0 aliphatic heterocycles. The smallest absolute Gasteiger partial charge is 0.272 e. The third-order valence-electron chi connectivity index (χ3n) is 3.84. The van der Waals surface area contributed by atoms with Crippen LogP contribution in [0.1, 0.15) is 25.5 Å². The van der Waals surface area contributed by atoms with Crippen molar-refractivity contribution in [1.29, 1.82) is 0 Å². The van der Waals surface area contributed by atoms with Crippen LogP contribution in [0.4, 0.5) is 0 Å². The minimum absolute atomic E-state index is 0.0802. The van der Waals surface area contributed by atoms with E-state index in [2.05, 4.69) is 11.9 Å². The molecular weight excluding hydrogens is 378 g/mol. The Morgan fingerprint density at radius 2 is 1.96 bits per heavy atom. The Bertz CT molecular complexity index is 1010. The number of nitrogens with zero attached hydrogens (tertiary/aromatic N) is 1. The van der Waals surface area contributed by atoms with E-state index < -0.39 is 9.05 Å². The van der Waals surface area contributed by atoms with Crippen molar-refractivity contribution in [2.24, 2.45) is 0 Å². The second kappa shape index (κ2) is 7.32. The molecule has 0 aliphatic carbocycles. The van der Waals surface area contributed by atoms with Crippen LogP contribution in [-0.4, -0.2) is 20.0 Å². The van der Waals surface area contributed by atoms with Gasteiger partial charge in [-0.05, 0) is 30.2 Å². The summed E-state index contributed by atoms with van der Waals surface area (Å²) in [5.74, 6) is 0.708. The molecule has 3 rings (SSSR count). The van der Waals surface area contributed by atoms with E-state index >= 15 is 0 Å². The standard InChI is InChI=1S/C18H18ClNO3S2/c1-3-4-11-23-15-10-9-13-7-5-6-8-14(13)16(15)17-20-12(2)18(24-17)25(19,21)22/h5-10H,3-4,11H2,1-2H3. The van der Waals surface area contributed by atoms with Crippen LogP contribution < -0.4 is 4.74 Å². The van der Waals surface area contributed by atoms with E-state index in [1.165, 1.54) is 0 Å². The minimum Gasteiger partial charge on any atom is -0.493 e. The number of hydrogen-bond acceptors (Lipinski definition) is 5. The molecule has 0 fully saturated rings. The lowest BCUT2D eigenvalue weighted by atomic mass is 10.0. The largest absolute Gasteiger partial charge is 0.493 e. The highest BCUT2D eigenvalue weighted by Crippen LogP contribution is 2.41. The van der Waals surface area contributed by atoms with Crippen LogP contribution in [-0.2, 0) is 9.05 Å². The van der Waals surface area contributed by atoms with Crippen molar-refractivity contribution in [3.63, 3.8) is 0 Å². The molecule has 0 saturated carbocycles.